The SMILES string of the molecule is CCN(CC(C)C#N)C(=O)c1ccnc(C)c1. The number of aryl methyl sites for hydroxylation is 1. The molecule has 0 aliphatic carbocycles. The minimum absolute atomic E-state index is 0.0416. The van der Waals surface area contributed by atoms with Crippen LogP contribution in [0.25, 0.3) is 0 Å². The Morgan fingerprint density at radius 1 is 1.65 bits per heavy atom. The van der Waals surface area contributed by atoms with Crippen molar-refractivity contribution in [3.05, 3.63) is 29.6 Å². The summed E-state index contributed by atoms with van der Waals surface area (Å²) in [7, 11) is 0. The largest absolute Gasteiger partial charge is 0.338 e. The van der Waals surface area contributed by atoms with Gasteiger partial charge in [-0.3, -0.25) is 9.78 Å². The van der Waals surface area contributed by atoms with E-state index in [-0.39, 0.29) is 11.8 Å². The molecule has 0 N–H and O–H groups in total. The van der Waals surface area contributed by atoms with Gasteiger partial charge in [-0.15, -0.1) is 0 Å². The van der Waals surface area contributed by atoms with Crippen molar-refractivity contribution in [3.63, 3.8) is 0 Å². The third-order valence-corrected chi connectivity index (χ3v) is 2.53. The molecule has 1 amide bonds. The van der Waals surface area contributed by atoms with Gasteiger partial charge in [0.2, 0.25) is 0 Å². The number of hydrogen-bond donors (Lipinski definition) is 0. The van der Waals surface area contributed by atoms with Gasteiger partial charge in [-0.1, -0.05) is 0 Å². The van der Waals surface area contributed by atoms with E-state index in [2.05, 4.69) is 11.1 Å². The highest BCUT2D eigenvalue weighted by Gasteiger charge is 2.16. The molecule has 17 heavy (non-hydrogen) atoms. The maximum absolute atomic E-state index is 12.2. The van der Waals surface area contributed by atoms with E-state index in [9.17, 15) is 4.79 Å². The number of nitriles is 1. The molecule has 1 aromatic heterocycles. The molecule has 0 saturated heterocycles. The van der Waals surface area contributed by atoms with E-state index in [1.807, 2.05) is 20.8 Å². The normalized spacial score (nSPS) is 11.6. The Morgan fingerprint density at radius 3 is 2.88 bits per heavy atom. The van der Waals surface area contributed by atoms with Crippen LogP contribution in [0.3, 0.4) is 0 Å². The first-order valence-corrected chi connectivity index (χ1v) is 5.70. The molecule has 0 fully saturated rings. The van der Waals surface area contributed by atoms with Gasteiger partial charge < -0.3 is 4.90 Å². The lowest BCUT2D eigenvalue weighted by atomic mass is 10.1. The molecule has 0 aromatic carbocycles. The summed E-state index contributed by atoms with van der Waals surface area (Å²) in [5.74, 6) is -0.193. The summed E-state index contributed by atoms with van der Waals surface area (Å²) < 4.78 is 0. The second-order valence-corrected chi connectivity index (χ2v) is 4.06. The van der Waals surface area contributed by atoms with Crippen molar-refractivity contribution in [1.29, 1.82) is 5.26 Å². The number of carbonyl (C=O) groups excluding carboxylic acids is 1. The lowest BCUT2D eigenvalue weighted by molar-refractivity contribution is 0.0752. The van der Waals surface area contributed by atoms with Gasteiger partial charge in [0.05, 0.1) is 12.0 Å². The molecule has 1 rings (SSSR count). The fraction of sp³-hybridized carbons (Fsp3) is 0.462. The lowest BCUT2D eigenvalue weighted by Gasteiger charge is -2.22. The molecular formula is C13H17N3O. The maximum Gasteiger partial charge on any atom is 0.254 e. The van der Waals surface area contributed by atoms with Crippen molar-refractivity contribution in [3.8, 4) is 6.07 Å². The number of hydrogen-bond acceptors (Lipinski definition) is 3. The summed E-state index contributed by atoms with van der Waals surface area (Å²) in [6, 6.07) is 5.61. The Balaban J connectivity index is 2.83. The van der Waals surface area contributed by atoms with Crippen LogP contribution < -0.4 is 0 Å². The molecule has 0 aliphatic rings. The highest BCUT2D eigenvalue weighted by Crippen LogP contribution is 2.08. The van der Waals surface area contributed by atoms with Gasteiger partial charge >= 0.3 is 0 Å². The molecule has 0 bridgehead atoms. The number of pyridine rings is 1. The number of aromatic nitrogens is 1. The fourth-order valence-corrected chi connectivity index (χ4v) is 1.59. The van der Waals surface area contributed by atoms with Gasteiger partial charge in [-0.2, -0.15) is 5.26 Å². The van der Waals surface area contributed by atoms with Crippen molar-refractivity contribution in [2.45, 2.75) is 20.8 Å². The van der Waals surface area contributed by atoms with Gasteiger partial charge in [0, 0.05) is 30.5 Å². The van der Waals surface area contributed by atoms with Crippen LogP contribution in [0.2, 0.25) is 0 Å². The van der Waals surface area contributed by atoms with Crippen LogP contribution in [-0.2, 0) is 0 Å². The van der Waals surface area contributed by atoms with E-state index in [1.165, 1.54) is 0 Å². The van der Waals surface area contributed by atoms with Gasteiger partial charge in [-0.05, 0) is 32.9 Å². The summed E-state index contributed by atoms with van der Waals surface area (Å²) >= 11 is 0. The molecule has 1 atom stereocenters. The molecule has 1 heterocycles. The number of amides is 1. The first-order valence-electron chi connectivity index (χ1n) is 5.70. The highest BCUT2D eigenvalue weighted by molar-refractivity contribution is 5.94. The van der Waals surface area contributed by atoms with E-state index >= 15 is 0 Å². The average molecular weight is 231 g/mol. The Morgan fingerprint density at radius 2 is 2.35 bits per heavy atom. The molecule has 90 valence electrons. The van der Waals surface area contributed by atoms with Crippen molar-refractivity contribution < 1.29 is 4.79 Å². The Kier molecular flexibility index (Phi) is 4.65. The highest BCUT2D eigenvalue weighted by atomic mass is 16.2. The summed E-state index contributed by atoms with van der Waals surface area (Å²) in [6.07, 6.45) is 1.63. The zero-order valence-corrected chi connectivity index (χ0v) is 10.5. The van der Waals surface area contributed by atoms with Crippen LogP contribution in [0.5, 0.6) is 0 Å². The predicted octanol–water partition coefficient (Wildman–Crippen LogP) is 2.01. The summed E-state index contributed by atoms with van der Waals surface area (Å²) in [4.78, 5) is 17.9. The molecular weight excluding hydrogens is 214 g/mol. The summed E-state index contributed by atoms with van der Waals surface area (Å²) in [6.45, 7) is 6.65. The molecule has 1 unspecified atom stereocenters. The maximum atomic E-state index is 12.2. The van der Waals surface area contributed by atoms with E-state index in [0.29, 0.717) is 18.7 Å². The predicted molar refractivity (Wildman–Crippen MR) is 65.3 cm³/mol. The summed E-state index contributed by atoms with van der Waals surface area (Å²) in [5, 5.41) is 8.78. The molecule has 4 nitrogen and oxygen atoms in total. The van der Waals surface area contributed by atoms with E-state index in [1.54, 1.807) is 23.2 Å². The van der Waals surface area contributed by atoms with Crippen LogP contribution in [0.15, 0.2) is 18.3 Å². The molecule has 0 radical (unpaired) electrons. The van der Waals surface area contributed by atoms with Crippen LogP contribution in [0, 0.1) is 24.2 Å². The number of nitrogens with zero attached hydrogens (tertiary/aromatic N) is 3. The lowest BCUT2D eigenvalue weighted by Crippen LogP contribution is -2.34. The third kappa shape index (κ3) is 3.56. The summed E-state index contributed by atoms with van der Waals surface area (Å²) in [5.41, 5.74) is 1.45. The van der Waals surface area contributed by atoms with Crippen molar-refractivity contribution in [2.24, 2.45) is 5.92 Å². The van der Waals surface area contributed by atoms with Crippen LogP contribution >= 0.6 is 0 Å². The van der Waals surface area contributed by atoms with E-state index in [4.69, 9.17) is 5.26 Å². The second-order valence-electron chi connectivity index (χ2n) is 4.06. The average Bonchev–Trinajstić information content (AvgIpc) is 2.34. The van der Waals surface area contributed by atoms with Crippen molar-refractivity contribution in [2.75, 3.05) is 13.1 Å². The zero-order chi connectivity index (χ0) is 12.8. The Labute approximate surface area is 102 Å². The third-order valence-electron chi connectivity index (χ3n) is 2.53. The van der Waals surface area contributed by atoms with Gasteiger partial charge in [0.15, 0.2) is 0 Å². The van der Waals surface area contributed by atoms with Crippen molar-refractivity contribution >= 4 is 5.91 Å². The number of carbonyl (C=O) groups is 1. The quantitative estimate of drug-likeness (QED) is 0.796. The first kappa shape index (κ1) is 13.2. The second kappa shape index (κ2) is 6.00. The standard InChI is InChI=1S/C13H17N3O/c1-4-16(9-10(2)8-14)13(17)12-5-6-15-11(3)7-12/h5-7,10H,4,9H2,1-3H3. The van der Waals surface area contributed by atoms with Crippen LogP contribution in [0.4, 0.5) is 0 Å². The van der Waals surface area contributed by atoms with Gasteiger partial charge in [0.1, 0.15) is 0 Å². The van der Waals surface area contributed by atoms with E-state index < -0.39 is 0 Å². The number of rotatable bonds is 4. The smallest absolute Gasteiger partial charge is 0.254 e. The fourth-order valence-electron chi connectivity index (χ4n) is 1.59. The minimum Gasteiger partial charge on any atom is -0.338 e. The van der Waals surface area contributed by atoms with Gasteiger partial charge in [0.25, 0.3) is 5.91 Å². The molecule has 0 saturated carbocycles. The molecule has 0 spiro atoms. The Hall–Kier alpha value is -1.89. The van der Waals surface area contributed by atoms with Crippen molar-refractivity contribution in [1.82, 2.24) is 9.88 Å². The molecule has 0 aliphatic heterocycles. The first-order chi connectivity index (χ1) is 8.08. The van der Waals surface area contributed by atoms with Crippen LogP contribution in [-0.4, -0.2) is 28.9 Å². The molecule has 1 aromatic rings. The van der Waals surface area contributed by atoms with E-state index in [0.717, 1.165) is 5.69 Å². The topological polar surface area (TPSA) is 57.0 Å². The Bertz CT molecular complexity index is 437. The molecule has 4 heteroatoms. The zero-order valence-electron chi connectivity index (χ0n) is 10.5. The van der Waals surface area contributed by atoms with Gasteiger partial charge in [-0.25, -0.2) is 0 Å². The minimum atomic E-state index is -0.151. The van der Waals surface area contributed by atoms with Crippen LogP contribution in [0.1, 0.15) is 29.9 Å². The monoisotopic (exact) mass is 231 g/mol.